The highest BCUT2D eigenvalue weighted by atomic mass is 32.2. The van der Waals surface area contributed by atoms with Gasteiger partial charge in [0, 0.05) is 23.7 Å². The molecule has 2 N–H and O–H groups in total. The Balaban J connectivity index is 2.04. The minimum atomic E-state index is -0.0678. The molecule has 0 aliphatic carbocycles. The fourth-order valence-corrected chi connectivity index (χ4v) is 3.17. The first-order valence-electron chi connectivity index (χ1n) is 6.34. The van der Waals surface area contributed by atoms with Gasteiger partial charge < -0.3 is 10.1 Å². The van der Waals surface area contributed by atoms with Crippen molar-refractivity contribution in [2.24, 2.45) is 0 Å². The van der Waals surface area contributed by atoms with Crippen molar-refractivity contribution in [3.05, 3.63) is 28.8 Å². The molecule has 1 unspecified atom stereocenters. The summed E-state index contributed by atoms with van der Waals surface area (Å²) in [5.41, 5.74) is 3.36. The maximum atomic E-state index is 12.0. The topological polar surface area (TPSA) is 50.4 Å². The van der Waals surface area contributed by atoms with Gasteiger partial charge in [-0.3, -0.25) is 10.1 Å². The van der Waals surface area contributed by atoms with E-state index in [4.69, 9.17) is 4.74 Å². The van der Waals surface area contributed by atoms with Crippen LogP contribution in [-0.2, 0) is 11.3 Å². The van der Waals surface area contributed by atoms with E-state index in [0.29, 0.717) is 6.54 Å². The van der Waals surface area contributed by atoms with Crippen molar-refractivity contribution in [3.63, 3.8) is 0 Å². The molecular weight excluding hydrogens is 260 g/mol. The second-order valence-corrected chi connectivity index (χ2v) is 5.78. The molecule has 0 aromatic heterocycles. The van der Waals surface area contributed by atoms with Gasteiger partial charge in [-0.2, -0.15) is 0 Å². The predicted octanol–water partition coefficient (Wildman–Crippen LogP) is 1.59. The predicted molar refractivity (Wildman–Crippen MR) is 78.6 cm³/mol. The first-order valence-corrected chi connectivity index (χ1v) is 7.50. The third-order valence-electron chi connectivity index (χ3n) is 3.27. The zero-order chi connectivity index (χ0) is 13.8. The Morgan fingerprint density at radius 3 is 2.95 bits per heavy atom. The number of ether oxygens (including phenoxy) is 1. The quantitative estimate of drug-likeness (QED) is 0.879. The van der Waals surface area contributed by atoms with E-state index >= 15 is 0 Å². The summed E-state index contributed by atoms with van der Waals surface area (Å²) in [4.78, 5) is 12.0. The lowest BCUT2D eigenvalue weighted by molar-refractivity contribution is -0.122. The van der Waals surface area contributed by atoms with Gasteiger partial charge in [0.2, 0.25) is 5.91 Å². The molecule has 2 rings (SSSR count). The fourth-order valence-electron chi connectivity index (χ4n) is 2.23. The van der Waals surface area contributed by atoms with Crippen LogP contribution in [0.1, 0.15) is 16.7 Å². The summed E-state index contributed by atoms with van der Waals surface area (Å²) in [6.07, 6.45) is 0. The summed E-state index contributed by atoms with van der Waals surface area (Å²) >= 11 is 1.75. The Kier molecular flexibility index (Phi) is 4.71. The summed E-state index contributed by atoms with van der Waals surface area (Å²) < 4.78 is 5.39. The third-order valence-corrected chi connectivity index (χ3v) is 4.21. The van der Waals surface area contributed by atoms with E-state index in [1.165, 1.54) is 5.56 Å². The minimum absolute atomic E-state index is 0.0621. The number of rotatable bonds is 4. The molecule has 0 saturated carbocycles. The van der Waals surface area contributed by atoms with Gasteiger partial charge >= 0.3 is 0 Å². The van der Waals surface area contributed by atoms with Crippen molar-refractivity contribution in [2.45, 2.75) is 26.4 Å². The van der Waals surface area contributed by atoms with E-state index in [9.17, 15) is 4.79 Å². The maximum absolute atomic E-state index is 12.0. The highest BCUT2D eigenvalue weighted by molar-refractivity contribution is 7.99. The zero-order valence-electron chi connectivity index (χ0n) is 11.6. The number of benzene rings is 1. The van der Waals surface area contributed by atoms with Crippen molar-refractivity contribution < 1.29 is 9.53 Å². The molecule has 1 atom stereocenters. The summed E-state index contributed by atoms with van der Waals surface area (Å²) in [5, 5.41) is 6.15. The van der Waals surface area contributed by atoms with Crippen LogP contribution in [0.2, 0.25) is 0 Å². The minimum Gasteiger partial charge on any atom is -0.496 e. The number of aryl methyl sites for hydroxylation is 2. The zero-order valence-corrected chi connectivity index (χ0v) is 12.4. The SMILES string of the molecule is COc1cc(C)cc(C)c1CNC(=O)C1CSCN1. The van der Waals surface area contributed by atoms with Crippen LogP contribution < -0.4 is 15.4 Å². The Hall–Kier alpha value is -1.20. The first-order chi connectivity index (χ1) is 9.11. The van der Waals surface area contributed by atoms with Crippen LogP contribution in [0.3, 0.4) is 0 Å². The summed E-state index contributed by atoms with van der Waals surface area (Å²) in [6.45, 7) is 4.59. The van der Waals surface area contributed by atoms with E-state index < -0.39 is 0 Å². The molecule has 0 bridgehead atoms. The smallest absolute Gasteiger partial charge is 0.238 e. The summed E-state index contributed by atoms with van der Waals surface area (Å²) in [7, 11) is 1.66. The van der Waals surface area contributed by atoms with Gasteiger partial charge in [0.15, 0.2) is 0 Å². The van der Waals surface area contributed by atoms with Crippen molar-refractivity contribution in [2.75, 3.05) is 18.7 Å². The maximum Gasteiger partial charge on any atom is 0.238 e. The van der Waals surface area contributed by atoms with E-state index in [0.717, 1.165) is 28.5 Å². The van der Waals surface area contributed by atoms with Gasteiger partial charge in [-0.15, -0.1) is 11.8 Å². The second-order valence-electron chi connectivity index (χ2n) is 4.75. The van der Waals surface area contributed by atoms with E-state index in [-0.39, 0.29) is 11.9 Å². The number of hydrogen-bond donors (Lipinski definition) is 2. The molecular formula is C14H20N2O2S. The second kappa shape index (κ2) is 6.30. The largest absolute Gasteiger partial charge is 0.496 e. The fraction of sp³-hybridized carbons (Fsp3) is 0.500. The molecule has 1 aromatic carbocycles. The average molecular weight is 280 g/mol. The summed E-state index contributed by atoms with van der Waals surface area (Å²) in [6, 6.07) is 4.04. The number of hydrogen-bond acceptors (Lipinski definition) is 4. The molecule has 1 saturated heterocycles. The van der Waals surface area contributed by atoms with Crippen molar-refractivity contribution in [3.8, 4) is 5.75 Å². The number of carbonyl (C=O) groups excluding carboxylic acids is 1. The Morgan fingerprint density at radius 1 is 1.53 bits per heavy atom. The molecule has 1 aliphatic rings. The first kappa shape index (κ1) is 14.2. The van der Waals surface area contributed by atoms with E-state index in [1.54, 1.807) is 18.9 Å². The third kappa shape index (κ3) is 3.42. The van der Waals surface area contributed by atoms with Crippen LogP contribution >= 0.6 is 11.8 Å². The van der Waals surface area contributed by atoms with Crippen molar-refractivity contribution in [1.82, 2.24) is 10.6 Å². The number of thioether (sulfide) groups is 1. The standard InChI is InChI=1S/C14H20N2O2S/c1-9-4-10(2)11(13(5-9)18-3)6-15-14(17)12-7-19-8-16-12/h4-5,12,16H,6-8H2,1-3H3,(H,15,17). The number of amides is 1. The Labute approximate surface area is 118 Å². The monoisotopic (exact) mass is 280 g/mol. The molecule has 0 radical (unpaired) electrons. The van der Waals surface area contributed by atoms with Gasteiger partial charge in [-0.05, 0) is 31.0 Å². The van der Waals surface area contributed by atoms with E-state index in [2.05, 4.69) is 16.7 Å². The highest BCUT2D eigenvalue weighted by Crippen LogP contribution is 2.24. The van der Waals surface area contributed by atoms with Crippen LogP contribution in [0, 0.1) is 13.8 Å². The van der Waals surface area contributed by atoms with Gasteiger partial charge in [-0.1, -0.05) is 6.07 Å². The molecule has 1 heterocycles. The van der Waals surface area contributed by atoms with Crippen molar-refractivity contribution in [1.29, 1.82) is 0 Å². The Bertz CT molecular complexity index is 471. The van der Waals surface area contributed by atoms with Gasteiger partial charge in [0.1, 0.15) is 5.75 Å². The van der Waals surface area contributed by atoms with Crippen LogP contribution in [0.5, 0.6) is 5.75 Å². The van der Waals surface area contributed by atoms with Crippen LogP contribution in [-0.4, -0.2) is 30.7 Å². The molecule has 19 heavy (non-hydrogen) atoms. The number of carbonyl (C=O) groups is 1. The van der Waals surface area contributed by atoms with Crippen molar-refractivity contribution >= 4 is 17.7 Å². The molecule has 1 aromatic rings. The number of nitrogens with one attached hydrogen (secondary N) is 2. The Morgan fingerprint density at radius 2 is 2.32 bits per heavy atom. The molecule has 104 valence electrons. The number of methoxy groups -OCH3 is 1. The molecule has 1 aliphatic heterocycles. The van der Waals surface area contributed by atoms with Gasteiger partial charge in [0.05, 0.1) is 13.2 Å². The lowest BCUT2D eigenvalue weighted by Crippen LogP contribution is -2.41. The van der Waals surface area contributed by atoms with Gasteiger partial charge in [-0.25, -0.2) is 0 Å². The highest BCUT2D eigenvalue weighted by Gasteiger charge is 2.22. The summed E-state index contributed by atoms with van der Waals surface area (Å²) in [5.74, 6) is 2.60. The van der Waals surface area contributed by atoms with Crippen LogP contribution in [0.15, 0.2) is 12.1 Å². The van der Waals surface area contributed by atoms with Gasteiger partial charge in [0.25, 0.3) is 0 Å². The molecule has 5 heteroatoms. The molecule has 0 spiro atoms. The van der Waals surface area contributed by atoms with Crippen LogP contribution in [0.4, 0.5) is 0 Å². The van der Waals surface area contributed by atoms with Crippen LogP contribution in [0.25, 0.3) is 0 Å². The molecule has 4 nitrogen and oxygen atoms in total. The molecule has 1 fully saturated rings. The normalized spacial score (nSPS) is 18.4. The average Bonchev–Trinajstić information content (AvgIpc) is 2.90. The lowest BCUT2D eigenvalue weighted by atomic mass is 10.0. The lowest BCUT2D eigenvalue weighted by Gasteiger charge is -2.15. The van der Waals surface area contributed by atoms with E-state index in [1.807, 2.05) is 19.9 Å². The molecule has 1 amide bonds.